The van der Waals surface area contributed by atoms with Crippen LogP contribution in [0.3, 0.4) is 0 Å². The molecule has 2 aromatic carbocycles. The largest absolute Gasteiger partial charge is 0.507 e. The molecule has 2 aromatic heterocycles. The van der Waals surface area contributed by atoms with Gasteiger partial charge in [-0.25, -0.2) is 0 Å². The second kappa shape index (κ2) is 6.45. The molecule has 0 bridgehead atoms. The van der Waals surface area contributed by atoms with E-state index in [1.807, 2.05) is 24.3 Å². The fourth-order valence-electron chi connectivity index (χ4n) is 2.94. The lowest BCUT2D eigenvalue weighted by molar-refractivity contribution is 0.0948. The zero-order valence-electron chi connectivity index (χ0n) is 14.5. The smallest absolute Gasteiger partial charge is 0.282 e. The third-order valence-electron chi connectivity index (χ3n) is 4.33. The van der Waals surface area contributed by atoms with Crippen LogP contribution in [0.5, 0.6) is 11.5 Å². The van der Waals surface area contributed by atoms with Crippen molar-refractivity contribution in [1.82, 2.24) is 14.8 Å². The highest BCUT2D eigenvalue weighted by Crippen LogP contribution is 2.29. The van der Waals surface area contributed by atoms with Gasteiger partial charge in [0.05, 0.1) is 18.2 Å². The first kappa shape index (κ1) is 16.6. The van der Waals surface area contributed by atoms with Crippen LogP contribution in [0.4, 0.5) is 5.82 Å². The van der Waals surface area contributed by atoms with Gasteiger partial charge < -0.3 is 15.6 Å². The Morgan fingerprint density at radius 3 is 2.70 bits per heavy atom. The van der Waals surface area contributed by atoms with Crippen LogP contribution in [0, 0.1) is 0 Å². The van der Waals surface area contributed by atoms with Crippen LogP contribution < -0.4 is 10.5 Å². The second-order valence-electron chi connectivity index (χ2n) is 5.96. The van der Waals surface area contributed by atoms with Crippen molar-refractivity contribution < 1.29 is 14.6 Å². The van der Waals surface area contributed by atoms with E-state index in [2.05, 4.69) is 10.1 Å². The number of carbonyl (C=O) groups excluding carboxylic acids is 1. The number of anilines is 1. The number of carbonyl (C=O) groups is 1. The number of nitrogen functional groups attached to an aromatic ring is 1. The van der Waals surface area contributed by atoms with Crippen molar-refractivity contribution in [1.29, 1.82) is 0 Å². The van der Waals surface area contributed by atoms with Crippen LogP contribution in [0.15, 0.2) is 60.9 Å². The Hall–Kier alpha value is -3.87. The zero-order valence-corrected chi connectivity index (χ0v) is 14.5. The van der Waals surface area contributed by atoms with Gasteiger partial charge in [-0.05, 0) is 35.9 Å². The van der Waals surface area contributed by atoms with Crippen LogP contribution in [-0.2, 0) is 0 Å². The molecule has 7 heteroatoms. The summed E-state index contributed by atoms with van der Waals surface area (Å²) in [6, 6.07) is 13.8. The fraction of sp³-hybridized carbons (Fsp3) is 0.0500. The normalized spacial score (nSPS) is 10.9. The highest BCUT2D eigenvalue weighted by Gasteiger charge is 2.19. The van der Waals surface area contributed by atoms with Crippen molar-refractivity contribution in [2.45, 2.75) is 0 Å². The minimum Gasteiger partial charge on any atom is -0.507 e. The van der Waals surface area contributed by atoms with Gasteiger partial charge in [0.25, 0.3) is 5.91 Å². The molecule has 0 spiro atoms. The van der Waals surface area contributed by atoms with Gasteiger partial charge in [-0.1, -0.05) is 12.1 Å². The second-order valence-corrected chi connectivity index (χ2v) is 5.96. The van der Waals surface area contributed by atoms with Crippen LogP contribution in [0.1, 0.15) is 10.4 Å². The van der Waals surface area contributed by atoms with Crippen molar-refractivity contribution in [3.05, 3.63) is 66.5 Å². The molecular formula is C20H16N4O3. The molecule has 0 saturated heterocycles. The molecule has 4 aromatic rings. The Kier molecular flexibility index (Phi) is 3.97. The van der Waals surface area contributed by atoms with Gasteiger partial charge in [-0.2, -0.15) is 4.68 Å². The van der Waals surface area contributed by atoms with E-state index < -0.39 is 5.91 Å². The number of rotatable bonds is 3. The SMILES string of the molecule is COc1ccc(C(=O)n2nc(N)c3cc(-c4cccnc4)ccc32)c(O)c1. The predicted octanol–water partition coefficient (Wildman–Crippen LogP) is 3.08. The third kappa shape index (κ3) is 2.85. The van der Waals surface area contributed by atoms with Crippen molar-refractivity contribution in [3.63, 3.8) is 0 Å². The topological polar surface area (TPSA) is 103 Å². The molecular weight excluding hydrogens is 344 g/mol. The highest BCUT2D eigenvalue weighted by molar-refractivity contribution is 6.05. The lowest BCUT2D eigenvalue weighted by Gasteiger charge is -2.07. The predicted molar refractivity (Wildman–Crippen MR) is 102 cm³/mol. The highest BCUT2D eigenvalue weighted by atomic mass is 16.5. The van der Waals surface area contributed by atoms with E-state index in [1.165, 1.54) is 23.9 Å². The Labute approximate surface area is 154 Å². The molecule has 0 aliphatic rings. The number of phenols is 1. The monoisotopic (exact) mass is 360 g/mol. The molecule has 0 aliphatic carbocycles. The van der Waals surface area contributed by atoms with Gasteiger partial charge in [0.15, 0.2) is 5.82 Å². The van der Waals surface area contributed by atoms with E-state index in [0.29, 0.717) is 16.7 Å². The number of fused-ring (bicyclic) bond motifs is 1. The lowest BCUT2D eigenvalue weighted by Crippen LogP contribution is -2.14. The number of phenolic OH excluding ortho intramolecular Hbond substituents is 1. The minimum absolute atomic E-state index is 0.108. The standard InChI is InChI=1S/C20H16N4O3/c1-27-14-5-6-15(18(25)10-14)20(26)24-17-7-4-12(9-16(17)19(21)23-24)13-3-2-8-22-11-13/h2-11,25H,1H3,(H2,21,23). The summed E-state index contributed by atoms with van der Waals surface area (Å²) in [4.78, 5) is 17.0. The van der Waals surface area contributed by atoms with Gasteiger partial charge in [0.2, 0.25) is 0 Å². The summed E-state index contributed by atoms with van der Waals surface area (Å²) in [6.45, 7) is 0. The molecule has 4 rings (SSSR count). The molecule has 0 unspecified atom stereocenters. The lowest BCUT2D eigenvalue weighted by atomic mass is 10.1. The molecule has 0 atom stereocenters. The summed E-state index contributed by atoms with van der Waals surface area (Å²) in [5.74, 6) is 0.0200. The Morgan fingerprint density at radius 1 is 1.15 bits per heavy atom. The number of ether oxygens (including phenoxy) is 1. The molecule has 27 heavy (non-hydrogen) atoms. The number of aromatic nitrogens is 3. The molecule has 3 N–H and O–H groups in total. The summed E-state index contributed by atoms with van der Waals surface area (Å²) >= 11 is 0. The molecule has 0 fully saturated rings. The van der Waals surface area contributed by atoms with Crippen LogP contribution in [0.2, 0.25) is 0 Å². The molecule has 0 saturated carbocycles. The first-order chi connectivity index (χ1) is 13.1. The summed E-state index contributed by atoms with van der Waals surface area (Å²) in [5, 5.41) is 15.0. The number of aromatic hydroxyl groups is 1. The minimum atomic E-state index is -0.481. The van der Waals surface area contributed by atoms with Crippen molar-refractivity contribution in [3.8, 4) is 22.6 Å². The Morgan fingerprint density at radius 2 is 2.00 bits per heavy atom. The van der Waals surface area contributed by atoms with Crippen LogP contribution in [0.25, 0.3) is 22.0 Å². The molecule has 0 amide bonds. The third-order valence-corrected chi connectivity index (χ3v) is 4.33. The molecule has 0 radical (unpaired) electrons. The zero-order chi connectivity index (χ0) is 19.0. The van der Waals surface area contributed by atoms with Crippen LogP contribution >= 0.6 is 0 Å². The summed E-state index contributed by atoms with van der Waals surface area (Å²) in [7, 11) is 1.48. The maximum atomic E-state index is 12.9. The van der Waals surface area contributed by atoms with Gasteiger partial charge in [0, 0.05) is 29.4 Å². The maximum absolute atomic E-state index is 12.9. The fourth-order valence-corrected chi connectivity index (χ4v) is 2.94. The van der Waals surface area contributed by atoms with E-state index in [1.54, 1.807) is 24.5 Å². The summed E-state index contributed by atoms with van der Waals surface area (Å²) in [6.07, 6.45) is 3.46. The van der Waals surface area contributed by atoms with Crippen molar-refractivity contribution in [2.75, 3.05) is 12.8 Å². The van der Waals surface area contributed by atoms with E-state index in [9.17, 15) is 9.90 Å². The molecule has 7 nitrogen and oxygen atoms in total. The average Bonchev–Trinajstić information content (AvgIpc) is 3.04. The Bertz CT molecular complexity index is 1150. The van der Waals surface area contributed by atoms with E-state index in [4.69, 9.17) is 10.5 Å². The molecule has 134 valence electrons. The quantitative estimate of drug-likeness (QED) is 0.582. The molecule has 2 heterocycles. The van der Waals surface area contributed by atoms with Gasteiger partial charge in [-0.15, -0.1) is 5.10 Å². The number of pyridine rings is 1. The van der Waals surface area contributed by atoms with Gasteiger partial charge in [0.1, 0.15) is 11.5 Å². The first-order valence-corrected chi connectivity index (χ1v) is 8.19. The van der Waals surface area contributed by atoms with Crippen LogP contribution in [-0.4, -0.2) is 32.9 Å². The number of nitrogens with two attached hydrogens (primary N) is 1. The number of hydrogen-bond donors (Lipinski definition) is 2. The number of hydrogen-bond acceptors (Lipinski definition) is 6. The number of nitrogens with zero attached hydrogens (tertiary/aromatic N) is 3. The van der Waals surface area contributed by atoms with E-state index in [0.717, 1.165) is 11.1 Å². The average molecular weight is 360 g/mol. The van der Waals surface area contributed by atoms with Gasteiger partial charge >= 0.3 is 0 Å². The van der Waals surface area contributed by atoms with Gasteiger partial charge in [-0.3, -0.25) is 9.78 Å². The van der Waals surface area contributed by atoms with Crippen molar-refractivity contribution in [2.24, 2.45) is 0 Å². The first-order valence-electron chi connectivity index (χ1n) is 8.19. The Balaban J connectivity index is 1.80. The van der Waals surface area contributed by atoms with E-state index >= 15 is 0 Å². The van der Waals surface area contributed by atoms with Crippen molar-refractivity contribution >= 4 is 22.6 Å². The maximum Gasteiger partial charge on any atom is 0.282 e. The number of methoxy groups -OCH3 is 1. The summed E-state index contributed by atoms with van der Waals surface area (Å²) in [5.41, 5.74) is 8.56. The summed E-state index contributed by atoms with van der Waals surface area (Å²) < 4.78 is 6.24. The number of benzene rings is 2. The van der Waals surface area contributed by atoms with E-state index in [-0.39, 0.29) is 17.1 Å². The molecule has 0 aliphatic heterocycles.